The molecule has 0 atom stereocenters. The fraction of sp³-hybridized carbons (Fsp3) is 0.0769. The molecule has 3 nitrogen and oxygen atoms in total. The van der Waals surface area contributed by atoms with E-state index in [1.165, 1.54) is 23.0 Å². The zero-order chi connectivity index (χ0) is 14.3. The Bertz CT molecular complexity index is 780. The molecule has 0 spiro atoms. The second kappa shape index (κ2) is 4.49. The van der Waals surface area contributed by atoms with E-state index in [0.29, 0.717) is 16.7 Å². The van der Waals surface area contributed by atoms with Crippen molar-refractivity contribution in [1.29, 1.82) is 0 Å². The van der Waals surface area contributed by atoms with Gasteiger partial charge in [-0.2, -0.15) is 13.2 Å². The molecule has 0 unspecified atom stereocenters. The summed E-state index contributed by atoms with van der Waals surface area (Å²) in [6, 6.07) is 5.23. The topological polar surface area (TPSA) is 30.7 Å². The van der Waals surface area contributed by atoms with E-state index in [1.54, 1.807) is 12.3 Å². The van der Waals surface area contributed by atoms with Gasteiger partial charge >= 0.3 is 6.18 Å². The maximum atomic E-state index is 12.8. The predicted octanol–water partition coefficient (Wildman–Crippen LogP) is 4.09. The van der Waals surface area contributed by atoms with Crippen LogP contribution in [0.25, 0.3) is 16.7 Å². The molecule has 0 aliphatic heterocycles. The maximum absolute atomic E-state index is 12.8. The lowest BCUT2D eigenvalue weighted by molar-refractivity contribution is -0.137. The van der Waals surface area contributed by atoms with Gasteiger partial charge in [-0.1, -0.05) is 17.7 Å². The maximum Gasteiger partial charge on any atom is 0.416 e. The SMILES string of the molecule is FC(F)(F)c1ccc2ccn(-c3nccnc3Cl)c2c1. The van der Waals surface area contributed by atoms with Crippen molar-refractivity contribution in [2.45, 2.75) is 6.18 Å². The molecule has 0 bridgehead atoms. The Morgan fingerprint density at radius 3 is 2.50 bits per heavy atom. The number of fused-ring (bicyclic) bond motifs is 1. The molecule has 1 aromatic carbocycles. The molecule has 0 N–H and O–H groups in total. The van der Waals surface area contributed by atoms with Crippen LogP contribution in [0, 0.1) is 0 Å². The van der Waals surface area contributed by atoms with Crippen LogP contribution < -0.4 is 0 Å². The van der Waals surface area contributed by atoms with Crippen molar-refractivity contribution in [3.05, 3.63) is 53.6 Å². The Balaban J connectivity index is 2.25. The van der Waals surface area contributed by atoms with Crippen molar-refractivity contribution < 1.29 is 13.2 Å². The number of nitrogens with zero attached hydrogens (tertiary/aromatic N) is 3. The van der Waals surface area contributed by atoms with Gasteiger partial charge in [0.25, 0.3) is 0 Å². The van der Waals surface area contributed by atoms with E-state index in [4.69, 9.17) is 11.6 Å². The first-order valence-corrected chi connectivity index (χ1v) is 6.00. The highest BCUT2D eigenvalue weighted by Crippen LogP contribution is 2.32. The number of rotatable bonds is 1. The third-order valence-electron chi connectivity index (χ3n) is 2.88. The average Bonchev–Trinajstić information content (AvgIpc) is 2.81. The highest BCUT2D eigenvalue weighted by molar-refractivity contribution is 6.31. The van der Waals surface area contributed by atoms with Gasteiger partial charge in [0, 0.05) is 24.0 Å². The monoisotopic (exact) mass is 297 g/mol. The molecule has 0 radical (unpaired) electrons. The molecule has 20 heavy (non-hydrogen) atoms. The Morgan fingerprint density at radius 1 is 1.05 bits per heavy atom. The summed E-state index contributed by atoms with van der Waals surface area (Å²) in [5.74, 6) is 0.295. The minimum Gasteiger partial charge on any atom is -0.299 e. The second-order valence-electron chi connectivity index (χ2n) is 4.13. The summed E-state index contributed by atoms with van der Waals surface area (Å²) in [6.45, 7) is 0. The van der Waals surface area contributed by atoms with Crippen LogP contribution in [0.3, 0.4) is 0 Å². The standard InChI is InChI=1S/C13H7ClF3N3/c14-11-12(19-5-4-18-11)20-6-3-8-1-2-9(7-10(8)20)13(15,16)17/h1-7H. The first-order valence-electron chi connectivity index (χ1n) is 5.62. The first-order chi connectivity index (χ1) is 9.47. The largest absolute Gasteiger partial charge is 0.416 e. The molecule has 0 saturated heterocycles. The minimum atomic E-state index is -4.39. The molecular weight excluding hydrogens is 291 g/mol. The van der Waals surface area contributed by atoms with Gasteiger partial charge in [-0.05, 0) is 18.2 Å². The minimum absolute atomic E-state index is 0.127. The Kier molecular flexibility index (Phi) is 2.90. The third kappa shape index (κ3) is 2.12. The molecule has 0 aliphatic carbocycles. The van der Waals surface area contributed by atoms with Gasteiger partial charge in [-0.15, -0.1) is 0 Å². The van der Waals surface area contributed by atoms with Crippen molar-refractivity contribution in [3.8, 4) is 5.82 Å². The highest BCUT2D eigenvalue weighted by atomic mass is 35.5. The van der Waals surface area contributed by atoms with Crippen molar-refractivity contribution in [2.75, 3.05) is 0 Å². The van der Waals surface area contributed by atoms with E-state index >= 15 is 0 Å². The van der Waals surface area contributed by atoms with Crippen molar-refractivity contribution >= 4 is 22.5 Å². The molecule has 0 amide bonds. The predicted molar refractivity (Wildman–Crippen MR) is 68.9 cm³/mol. The second-order valence-corrected chi connectivity index (χ2v) is 4.49. The highest BCUT2D eigenvalue weighted by Gasteiger charge is 2.30. The average molecular weight is 298 g/mol. The van der Waals surface area contributed by atoms with Gasteiger partial charge in [0.1, 0.15) is 0 Å². The fourth-order valence-electron chi connectivity index (χ4n) is 1.96. The first kappa shape index (κ1) is 12.9. The van der Waals surface area contributed by atoms with E-state index < -0.39 is 11.7 Å². The van der Waals surface area contributed by atoms with Crippen LogP contribution in [-0.2, 0) is 6.18 Å². The van der Waals surface area contributed by atoms with Gasteiger partial charge in [-0.25, -0.2) is 9.97 Å². The summed E-state index contributed by atoms with van der Waals surface area (Å²) >= 11 is 5.93. The Morgan fingerprint density at radius 2 is 1.80 bits per heavy atom. The fourth-order valence-corrected chi connectivity index (χ4v) is 2.16. The van der Waals surface area contributed by atoms with Gasteiger partial charge in [-0.3, -0.25) is 4.57 Å². The smallest absolute Gasteiger partial charge is 0.299 e. The van der Waals surface area contributed by atoms with Crippen LogP contribution in [0.5, 0.6) is 0 Å². The molecule has 3 aromatic rings. The van der Waals surface area contributed by atoms with Crippen molar-refractivity contribution in [1.82, 2.24) is 14.5 Å². The summed E-state index contributed by atoms with van der Waals surface area (Å²) in [7, 11) is 0. The number of hydrogen-bond acceptors (Lipinski definition) is 2. The van der Waals surface area contributed by atoms with Crippen molar-refractivity contribution in [2.24, 2.45) is 0 Å². The molecule has 2 aromatic heterocycles. The zero-order valence-corrected chi connectivity index (χ0v) is 10.7. The molecule has 2 heterocycles. The molecule has 7 heteroatoms. The lowest BCUT2D eigenvalue weighted by Crippen LogP contribution is -2.05. The number of alkyl halides is 3. The van der Waals surface area contributed by atoms with Crippen LogP contribution in [0.2, 0.25) is 5.15 Å². The summed E-state index contributed by atoms with van der Waals surface area (Å²) in [5.41, 5.74) is -0.341. The normalized spacial score (nSPS) is 12.0. The third-order valence-corrected chi connectivity index (χ3v) is 3.15. The molecule has 0 fully saturated rings. The van der Waals surface area contributed by atoms with Gasteiger partial charge in [0.2, 0.25) is 0 Å². The number of halogens is 4. The summed E-state index contributed by atoms with van der Waals surface area (Å²) in [5, 5.41) is 0.794. The summed E-state index contributed by atoms with van der Waals surface area (Å²) in [4.78, 5) is 7.92. The van der Waals surface area contributed by atoms with E-state index in [9.17, 15) is 13.2 Å². The number of aromatic nitrogens is 3. The molecule has 0 aliphatic rings. The number of hydrogen-bond donors (Lipinski definition) is 0. The Labute approximate surface area is 116 Å². The van der Waals surface area contributed by atoms with E-state index in [2.05, 4.69) is 9.97 Å². The van der Waals surface area contributed by atoms with Crippen LogP contribution >= 0.6 is 11.6 Å². The Hall–Kier alpha value is -2.08. The quantitative estimate of drug-likeness (QED) is 0.677. The van der Waals surface area contributed by atoms with Gasteiger partial charge in [0.15, 0.2) is 11.0 Å². The molecule has 102 valence electrons. The molecule has 0 saturated carbocycles. The lowest BCUT2D eigenvalue weighted by atomic mass is 10.1. The van der Waals surface area contributed by atoms with Crippen LogP contribution in [0.15, 0.2) is 42.9 Å². The van der Waals surface area contributed by atoms with Crippen LogP contribution in [-0.4, -0.2) is 14.5 Å². The van der Waals surface area contributed by atoms with E-state index in [-0.39, 0.29) is 5.15 Å². The lowest BCUT2D eigenvalue weighted by Gasteiger charge is -2.09. The van der Waals surface area contributed by atoms with Crippen LogP contribution in [0.4, 0.5) is 13.2 Å². The summed E-state index contributed by atoms with van der Waals surface area (Å²) in [6.07, 6.45) is 0.0650. The van der Waals surface area contributed by atoms with Gasteiger partial charge in [0.05, 0.1) is 11.1 Å². The zero-order valence-electron chi connectivity index (χ0n) is 9.89. The number of benzene rings is 1. The molecular formula is C13H7ClF3N3. The molecule has 3 rings (SSSR count). The van der Waals surface area contributed by atoms with E-state index in [0.717, 1.165) is 12.1 Å². The van der Waals surface area contributed by atoms with Crippen LogP contribution in [0.1, 0.15) is 5.56 Å². The van der Waals surface area contributed by atoms with E-state index in [1.807, 2.05) is 0 Å². The van der Waals surface area contributed by atoms with Crippen molar-refractivity contribution in [3.63, 3.8) is 0 Å². The summed E-state index contributed by atoms with van der Waals surface area (Å²) < 4.78 is 39.8. The van der Waals surface area contributed by atoms with Gasteiger partial charge < -0.3 is 0 Å².